The predicted molar refractivity (Wildman–Crippen MR) is 69.8 cm³/mol. The fourth-order valence-corrected chi connectivity index (χ4v) is 2.02. The lowest BCUT2D eigenvalue weighted by molar-refractivity contribution is -0.141. The Balaban J connectivity index is 2.54. The molecule has 2 aromatic rings. The molecule has 0 N–H and O–H groups in total. The van der Waals surface area contributed by atoms with Gasteiger partial charge in [-0.3, -0.25) is 4.21 Å². The molecular weight excluding hydrogens is 305 g/mol. The Morgan fingerprint density at radius 3 is 2.33 bits per heavy atom. The Hall–Kier alpha value is -1.80. The molecule has 0 aliphatic carbocycles. The van der Waals surface area contributed by atoms with Crippen molar-refractivity contribution >= 4 is 11.1 Å². The molecule has 0 saturated carbocycles. The molecule has 2 rings (SSSR count). The van der Waals surface area contributed by atoms with E-state index in [0.717, 1.165) is 11.6 Å². The maximum absolute atomic E-state index is 12.8. The van der Waals surface area contributed by atoms with Crippen LogP contribution < -0.4 is 0 Å². The van der Waals surface area contributed by atoms with E-state index in [0.29, 0.717) is 5.56 Å². The van der Waals surface area contributed by atoms with Crippen molar-refractivity contribution in [3.8, 4) is 11.3 Å². The lowest BCUT2D eigenvalue weighted by Gasteiger charge is -2.11. The van der Waals surface area contributed by atoms with Gasteiger partial charge >= 0.3 is 6.18 Å². The highest BCUT2D eigenvalue weighted by Gasteiger charge is 2.33. The standard InChI is InChI=1S/C13H11F3N2O2S/c1-8-2-4-9(5-3-8)10-6-11(13(14,15)16)18-12(17-10)7-21(19)20/h2-6H,7H2,1H3,(H,19,20)/p-1. The Morgan fingerprint density at radius 2 is 1.81 bits per heavy atom. The number of rotatable bonds is 3. The number of hydrogen-bond acceptors (Lipinski definition) is 4. The van der Waals surface area contributed by atoms with Gasteiger partial charge in [-0.2, -0.15) is 13.2 Å². The Labute approximate surface area is 121 Å². The van der Waals surface area contributed by atoms with E-state index in [-0.39, 0.29) is 11.5 Å². The number of hydrogen-bond donors (Lipinski definition) is 0. The lowest BCUT2D eigenvalue weighted by atomic mass is 10.1. The van der Waals surface area contributed by atoms with Crippen LogP contribution in [0.3, 0.4) is 0 Å². The van der Waals surface area contributed by atoms with Crippen molar-refractivity contribution < 1.29 is 21.9 Å². The van der Waals surface area contributed by atoms with Crippen molar-refractivity contribution in [1.82, 2.24) is 9.97 Å². The highest BCUT2D eigenvalue weighted by Crippen LogP contribution is 2.30. The Kier molecular flexibility index (Phi) is 4.38. The molecule has 1 aromatic carbocycles. The van der Waals surface area contributed by atoms with Crippen molar-refractivity contribution in [1.29, 1.82) is 0 Å². The summed E-state index contributed by atoms with van der Waals surface area (Å²) >= 11 is -2.56. The summed E-state index contributed by atoms with van der Waals surface area (Å²) < 4.78 is 59.8. The van der Waals surface area contributed by atoms with Gasteiger partial charge in [-0.1, -0.05) is 29.8 Å². The van der Waals surface area contributed by atoms with E-state index in [4.69, 9.17) is 0 Å². The van der Waals surface area contributed by atoms with Gasteiger partial charge in [-0.25, -0.2) is 9.97 Å². The van der Waals surface area contributed by atoms with Crippen LogP contribution >= 0.6 is 0 Å². The Morgan fingerprint density at radius 1 is 1.19 bits per heavy atom. The van der Waals surface area contributed by atoms with Crippen molar-refractivity contribution in [3.05, 3.63) is 47.4 Å². The van der Waals surface area contributed by atoms with Gasteiger partial charge in [0, 0.05) is 5.56 Å². The molecule has 1 atom stereocenters. The second kappa shape index (κ2) is 5.90. The first-order valence-corrected chi connectivity index (χ1v) is 7.08. The van der Waals surface area contributed by atoms with E-state index in [1.54, 1.807) is 24.3 Å². The van der Waals surface area contributed by atoms with E-state index in [2.05, 4.69) is 9.97 Å². The van der Waals surface area contributed by atoms with E-state index >= 15 is 0 Å². The minimum absolute atomic E-state index is 0.0396. The van der Waals surface area contributed by atoms with Gasteiger partial charge < -0.3 is 4.55 Å². The molecule has 4 nitrogen and oxygen atoms in total. The molecule has 0 radical (unpaired) electrons. The first kappa shape index (κ1) is 15.6. The highest BCUT2D eigenvalue weighted by molar-refractivity contribution is 7.78. The molecule has 0 spiro atoms. The summed E-state index contributed by atoms with van der Waals surface area (Å²) in [4.78, 5) is 7.14. The molecule has 0 saturated heterocycles. The largest absolute Gasteiger partial charge is 0.772 e. The average Bonchev–Trinajstić information content (AvgIpc) is 2.37. The van der Waals surface area contributed by atoms with Gasteiger partial charge in [0.2, 0.25) is 0 Å². The molecule has 0 aliphatic heterocycles. The second-order valence-electron chi connectivity index (χ2n) is 4.37. The first-order chi connectivity index (χ1) is 9.75. The third kappa shape index (κ3) is 4.08. The van der Waals surface area contributed by atoms with Crippen LogP contribution in [0.2, 0.25) is 0 Å². The van der Waals surface area contributed by atoms with Crippen molar-refractivity contribution in [2.75, 3.05) is 0 Å². The van der Waals surface area contributed by atoms with Crippen LogP contribution in [0.4, 0.5) is 13.2 Å². The van der Waals surface area contributed by atoms with Crippen LogP contribution in [-0.4, -0.2) is 18.7 Å². The lowest BCUT2D eigenvalue weighted by Crippen LogP contribution is -2.12. The molecule has 1 unspecified atom stereocenters. The van der Waals surface area contributed by atoms with Crippen molar-refractivity contribution in [3.63, 3.8) is 0 Å². The van der Waals surface area contributed by atoms with Gasteiger partial charge in [-0.05, 0) is 24.1 Å². The summed E-state index contributed by atoms with van der Waals surface area (Å²) in [6.45, 7) is 1.84. The summed E-state index contributed by atoms with van der Waals surface area (Å²) in [5, 5.41) is 0. The monoisotopic (exact) mass is 315 g/mol. The summed E-state index contributed by atoms with van der Waals surface area (Å²) in [7, 11) is 0. The van der Waals surface area contributed by atoms with Gasteiger partial charge in [0.25, 0.3) is 0 Å². The molecular formula is C13H10F3N2O2S-. The predicted octanol–water partition coefficient (Wildman–Crippen LogP) is 2.85. The molecule has 8 heteroatoms. The minimum Gasteiger partial charge on any atom is -0.772 e. The van der Waals surface area contributed by atoms with Crippen LogP contribution in [-0.2, 0) is 23.0 Å². The highest BCUT2D eigenvalue weighted by atomic mass is 32.2. The zero-order chi connectivity index (χ0) is 15.6. The minimum atomic E-state index is -4.67. The summed E-state index contributed by atoms with van der Waals surface area (Å²) in [6.07, 6.45) is -4.67. The average molecular weight is 315 g/mol. The maximum atomic E-state index is 12.8. The number of halogens is 3. The number of aryl methyl sites for hydroxylation is 1. The summed E-state index contributed by atoms with van der Waals surface area (Å²) in [5.41, 5.74) is 0.294. The molecule has 1 heterocycles. The topological polar surface area (TPSA) is 65.9 Å². The molecule has 0 fully saturated rings. The quantitative estimate of drug-likeness (QED) is 0.817. The molecule has 112 valence electrons. The number of aromatic nitrogens is 2. The maximum Gasteiger partial charge on any atom is 0.433 e. The number of benzene rings is 1. The first-order valence-electron chi connectivity index (χ1n) is 5.84. The van der Waals surface area contributed by atoms with Crippen LogP contribution in [0.1, 0.15) is 17.1 Å². The van der Waals surface area contributed by atoms with Gasteiger partial charge in [0.05, 0.1) is 11.4 Å². The van der Waals surface area contributed by atoms with Crippen LogP contribution in [0.25, 0.3) is 11.3 Å². The normalized spacial score (nSPS) is 13.2. The molecule has 1 aromatic heterocycles. The van der Waals surface area contributed by atoms with E-state index in [9.17, 15) is 21.9 Å². The summed E-state index contributed by atoms with van der Waals surface area (Å²) in [6, 6.07) is 7.51. The SMILES string of the molecule is Cc1ccc(-c2cc(C(F)(F)F)nc(CS(=O)[O-])n2)cc1. The third-order valence-corrected chi connectivity index (χ3v) is 3.15. The van der Waals surface area contributed by atoms with Crippen LogP contribution in [0.15, 0.2) is 30.3 Å². The summed E-state index contributed by atoms with van der Waals surface area (Å²) in [5.74, 6) is -1.04. The fraction of sp³-hybridized carbons (Fsp3) is 0.231. The zero-order valence-corrected chi connectivity index (χ0v) is 11.7. The second-order valence-corrected chi connectivity index (χ2v) is 5.26. The van der Waals surface area contributed by atoms with Crippen LogP contribution in [0, 0.1) is 6.92 Å². The molecule has 0 amide bonds. The number of alkyl halides is 3. The van der Waals surface area contributed by atoms with E-state index in [1.807, 2.05) is 6.92 Å². The van der Waals surface area contributed by atoms with Gasteiger partial charge in [0.1, 0.15) is 11.5 Å². The van der Waals surface area contributed by atoms with Crippen molar-refractivity contribution in [2.45, 2.75) is 18.9 Å². The molecule has 0 aliphatic rings. The molecule has 0 bridgehead atoms. The Bertz CT molecular complexity index is 672. The van der Waals surface area contributed by atoms with E-state index < -0.39 is 28.7 Å². The number of nitrogens with zero attached hydrogens (tertiary/aromatic N) is 2. The molecule has 21 heavy (non-hydrogen) atoms. The van der Waals surface area contributed by atoms with E-state index in [1.165, 1.54) is 0 Å². The van der Waals surface area contributed by atoms with Gasteiger partial charge in [-0.15, -0.1) is 0 Å². The smallest absolute Gasteiger partial charge is 0.433 e. The van der Waals surface area contributed by atoms with Crippen molar-refractivity contribution in [2.24, 2.45) is 0 Å². The third-order valence-electron chi connectivity index (χ3n) is 2.66. The zero-order valence-electron chi connectivity index (χ0n) is 10.8. The van der Waals surface area contributed by atoms with Crippen LogP contribution in [0.5, 0.6) is 0 Å². The van der Waals surface area contributed by atoms with Gasteiger partial charge in [0.15, 0.2) is 0 Å². The fourth-order valence-electron chi connectivity index (χ4n) is 1.68.